The van der Waals surface area contributed by atoms with Crippen molar-refractivity contribution >= 4 is 33.4 Å². The fraction of sp³-hybridized carbons (Fsp3) is 0.615. The number of anilines is 1. The van der Waals surface area contributed by atoms with Gasteiger partial charge in [-0.25, -0.2) is 13.9 Å². The summed E-state index contributed by atoms with van der Waals surface area (Å²) in [6.07, 6.45) is 30.1. The number of hydrogen-bond acceptors (Lipinski definition) is 18. The Bertz CT molecular complexity index is 2140. The molecule has 0 aromatic carbocycles. The van der Waals surface area contributed by atoms with E-state index in [0.717, 1.165) is 75.0 Å². The van der Waals surface area contributed by atoms with E-state index >= 15 is 0 Å². The molecule has 0 spiro atoms. The quantitative estimate of drug-likeness (QED) is 0.0103. The van der Waals surface area contributed by atoms with Gasteiger partial charge in [0.1, 0.15) is 30.7 Å². The number of nitrogens with two attached hydrogens (primary N) is 1. The number of rotatable bonds is 41. The van der Waals surface area contributed by atoms with E-state index in [1.807, 2.05) is 0 Å². The summed E-state index contributed by atoms with van der Waals surface area (Å²) < 4.78 is 56.5. The van der Waals surface area contributed by atoms with Crippen LogP contribution in [0.15, 0.2) is 102 Å². The third kappa shape index (κ3) is 31.6. The van der Waals surface area contributed by atoms with Crippen LogP contribution in [0, 0.1) is 0 Å². The zero-order valence-corrected chi connectivity index (χ0v) is 45.2. The Balaban J connectivity index is 1.90. The number of nitrogen functional groups attached to an aromatic ring is 1. The molecule has 10 atom stereocenters. The van der Waals surface area contributed by atoms with Crippen molar-refractivity contribution < 1.29 is 81.6 Å². The molecule has 1 aromatic rings. The molecule has 1 aliphatic heterocycles. The Kier molecular flexibility index (Phi) is 35.0. The minimum Gasteiger partial charge on any atom is -0.462 e. The Labute approximate surface area is 441 Å². The summed E-state index contributed by atoms with van der Waals surface area (Å²) >= 11 is 0. The van der Waals surface area contributed by atoms with Crippen molar-refractivity contribution in [3.05, 3.63) is 108 Å². The third-order valence-corrected chi connectivity index (χ3v) is 13.9. The minimum atomic E-state index is -5.53. The van der Waals surface area contributed by atoms with Gasteiger partial charge in [-0.1, -0.05) is 144 Å². The summed E-state index contributed by atoms with van der Waals surface area (Å²) in [5, 5.41) is 51.7. The zero-order chi connectivity index (χ0) is 55.3. The molecule has 2 rings (SSSR count). The molecule has 1 fully saturated rings. The van der Waals surface area contributed by atoms with Crippen LogP contribution in [0.4, 0.5) is 5.82 Å². The van der Waals surface area contributed by atoms with Gasteiger partial charge in [0.2, 0.25) is 0 Å². The fourth-order valence-corrected chi connectivity index (χ4v) is 9.22. The summed E-state index contributed by atoms with van der Waals surface area (Å²) in [6, 6.07) is 1.22. The molecule has 0 saturated carbocycles. The number of carbonyl (C=O) groups excluding carboxylic acids is 2. The molecule has 0 amide bonds. The van der Waals surface area contributed by atoms with E-state index in [2.05, 4.69) is 59.6 Å². The highest BCUT2D eigenvalue weighted by Gasteiger charge is 2.46. The number of hydrogen-bond donors (Lipinski definition) is 8. The van der Waals surface area contributed by atoms with Gasteiger partial charge in [-0.15, -0.1) is 0 Å². The molecule has 424 valence electrons. The van der Waals surface area contributed by atoms with Crippen LogP contribution < -0.4 is 11.4 Å². The summed E-state index contributed by atoms with van der Waals surface area (Å²) in [5.41, 5.74) is 4.55. The number of carbonyl (C=O) groups is 2. The lowest BCUT2D eigenvalue weighted by Crippen LogP contribution is -2.36. The highest BCUT2D eigenvalue weighted by molar-refractivity contribution is 7.61. The SMILES string of the molecule is CCCCC/C=C\C/C=C\C/C=C\CCCCCCC(=O)OC[C@H](COP(=O)(O)OP(=O)(O)OC[C@H]1O[C@@H](n2ccc(N)nc2=O)[C@H](O)[C@@H]1O)OC(=O)CCC[C@H](O)[C@@H](O)/C=C/C=C/C=C\C=C\[C@@H](O)CCCCC. The lowest BCUT2D eigenvalue weighted by atomic mass is 10.1. The molecule has 0 radical (unpaired) electrons. The smallest absolute Gasteiger partial charge is 0.462 e. The molecular formula is C52H83N3O18P2. The number of aliphatic hydroxyl groups excluding tert-OH is 5. The summed E-state index contributed by atoms with van der Waals surface area (Å²) in [5.74, 6) is -1.68. The Morgan fingerprint density at radius 2 is 1.32 bits per heavy atom. The van der Waals surface area contributed by atoms with Crippen LogP contribution in [0.25, 0.3) is 0 Å². The van der Waals surface area contributed by atoms with Crippen molar-refractivity contribution in [3.63, 3.8) is 0 Å². The molecule has 1 aromatic heterocycles. The number of esters is 2. The molecule has 1 saturated heterocycles. The van der Waals surface area contributed by atoms with E-state index in [9.17, 15) is 58.8 Å². The third-order valence-electron chi connectivity index (χ3n) is 11.3. The predicted molar refractivity (Wildman–Crippen MR) is 283 cm³/mol. The maximum Gasteiger partial charge on any atom is 0.481 e. The second-order valence-corrected chi connectivity index (χ2v) is 20.9. The number of ether oxygens (including phenoxy) is 3. The first kappa shape index (κ1) is 66.9. The molecule has 2 unspecified atom stereocenters. The maximum atomic E-state index is 12.9. The number of phosphoric acid groups is 2. The highest BCUT2D eigenvalue weighted by atomic mass is 31.3. The van der Waals surface area contributed by atoms with Gasteiger partial charge in [0.15, 0.2) is 12.3 Å². The van der Waals surface area contributed by atoms with Crippen LogP contribution in [0.1, 0.15) is 142 Å². The number of allylic oxidation sites excluding steroid dienone is 12. The molecule has 23 heteroatoms. The molecule has 2 heterocycles. The summed E-state index contributed by atoms with van der Waals surface area (Å²) in [6.45, 7) is 1.66. The lowest BCUT2D eigenvalue weighted by Gasteiger charge is -2.21. The van der Waals surface area contributed by atoms with E-state index < -0.39 is 102 Å². The predicted octanol–water partition coefficient (Wildman–Crippen LogP) is 7.58. The van der Waals surface area contributed by atoms with E-state index in [1.165, 1.54) is 37.5 Å². The van der Waals surface area contributed by atoms with E-state index in [0.29, 0.717) is 12.8 Å². The van der Waals surface area contributed by atoms with Gasteiger partial charge in [0, 0.05) is 19.0 Å². The topological polar surface area (TPSA) is 326 Å². The maximum absolute atomic E-state index is 12.9. The van der Waals surface area contributed by atoms with Crippen molar-refractivity contribution in [2.24, 2.45) is 0 Å². The molecule has 75 heavy (non-hydrogen) atoms. The van der Waals surface area contributed by atoms with Crippen molar-refractivity contribution in [2.75, 3.05) is 25.6 Å². The van der Waals surface area contributed by atoms with Gasteiger partial charge in [0.05, 0.1) is 31.5 Å². The Morgan fingerprint density at radius 1 is 0.733 bits per heavy atom. The first-order valence-corrected chi connectivity index (χ1v) is 28.9. The van der Waals surface area contributed by atoms with Crippen LogP contribution in [0.2, 0.25) is 0 Å². The van der Waals surface area contributed by atoms with Gasteiger partial charge < -0.3 is 55.3 Å². The van der Waals surface area contributed by atoms with Crippen molar-refractivity contribution in [1.82, 2.24) is 9.55 Å². The normalized spacial score (nSPS) is 20.8. The van der Waals surface area contributed by atoms with Gasteiger partial charge >= 0.3 is 33.3 Å². The first-order valence-electron chi connectivity index (χ1n) is 25.9. The number of phosphoric ester groups is 2. The monoisotopic (exact) mass is 1100 g/mol. The van der Waals surface area contributed by atoms with E-state index in [4.69, 9.17) is 29.0 Å². The summed E-state index contributed by atoms with van der Waals surface area (Å²) in [4.78, 5) is 62.0. The van der Waals surface area contributed by atoms with Crippen LogP contribution in [-0.2, 0) is 46.3 Å². The van der Waals surface area contributed by atoms with Crippen LogP contribution in [-0.4, -0.2) is 119 Å². The van der Waals surface area contributed by atoms with Crippen molar-refractivity contribution in [2.45, 2.75) is 185 Å². The van der Waals surface area contributed by atoms with Gasteiger partial charge in [-0.05, 0) is 70.3 Å². The number of aliphatic hydroxyl groups is 5. The number of aromatic nitrogens is 2. The molecular weight excluding hydrogens is 1020 g/mol. The molecule has 9 N–H and O–H groups in total. The van der Waals surface area contributed by atoms with E-state index in [1.54, 1.807) is 36.5 Å². The minimum absolute atomic E-state index is 0.0227. The average molecular weight is 1100 g/mol. The van der Waals surface area contributed by atoms with Crippen LogP contribution in [0.3, 0.4) is 0 Å². The van der Waals surface area contributed by atoms with Crippen molar-refractivity contribution in [3.8, 4) is 0 Å². The molecule has 1 aliphatic rings. The zero-order valence-electron chi connectivity index (χ0n) is 43.4. The lowest BCUT2D eigenvalue weighted by molar-refractivity contribution is -0.161. The molecule has 0 bridgehead atoms. The molecule has 21 nitrogen and oxygen atoms in total. The van der Waals surface area contributed by atoms with Gasteiger partial charge in [-0.3, -0.25) is 23.2 Å². The second-order valence-electron chi connectivity index (χ2n) is 17.9. The number of nitrogens with zero attached hydrogens (tertiary/aromatic N) is 2. The first-order chi connectivity index (χ1) is 35.9. The van der Waals surface area contributed by atoms with Crippen molar-refractivity contribution in [1.29, 1.82) is 0 Å². The van der Waals surface area contributed by atoms with Gasteiger partial charge in [-0.2, -0.15) is 9.29 Å². The van der Waals surface area contributed by atoms with Gasteiger partial charge in [0.25, 0.3) is 0 Å². The summed E-state index contributed by atoms with van der Waals surface area (Å²) in [7, 11) is -11.0. The van der Waals surface area contributed by atoms with Crippen LogP contribution in [0.5, 0.6) is 0 Å². The second kappa shape index (κ2) is 39.2. The molecule has 0 aliphatic carbocycles. The largest absolute Gasteiger partial charge is 0.481 e. The Hall–Kier alpha value is -4.18. The van der Waals surface area contributed by atoms with Crippen LogP contribution >= 0.6 is 15.6 Å². The standard InChI is InChI=1S/C52H83N3O18P2/c1-3-5-7-8-9-10-11-12-13-14-15-16-17-18-19-24-28-34-47(59)68-38-42(71-48(60)35-29-33-44(58)43(57)32-27-23-21-20-22-26-31-41(56)30-25-6-4-2)39-69-74(64,65)73-75(66,67)70-40-45-49(61)50(62)51(72-45)55-37-36-46(53)54-52(55)63/h9-10,12-13,15-16,20-23,26-27,31-32,36-37,41-45,49-51,56-58,61-62H,3-8,11,14,17-19,24-25,28-30,33-35,38-40H2,1-2H3,(H,64,65)(H,66,67)(H2,53,54,63)/b10-9-,13-12-,16-15-,22-20-,23-21+,31-26+,32-27+/t41-,42+,43-,44-,45+,49+,50+,51+/m0/s1. The van der Waals surface area contributed by atoms with E-state index in [-0.39, 0.29) is 31.5 Å². The number of unbranched alkanes of at least 4 members (excludes halogenated alkanes) is 9. The average Bonchev–Trinajstić information content (AvgIpc) is 3.64. The Morgan fingerprint density at radius 3 is 1.99 bits per heavy atom. The fourth-order valence-electron chi connectivity index (χ4n) is 7.11. The highest BCUT2D eigenvalue weighted by Crippen LogP contribution is 2.60.